The van der Waals surface area contributed by atoms with Gasteiger partial charge in [-0.2, -0.15) is 0 Å². The number of benzene rings is 3. The summed E-state index contributed by atoms with van der Waals surface area (Å²) in [7, 11) is 0. The Morgan fingerprint density at radius 3 is 1.95 bits per heavy atom. The smallest absolute Gasteiger partial charge is 0.174 e. The number of rotatable bonds is 4. The van der Waals surface area contributed by atoms with Crippen molar-refractivity contribution >= 4 is 5.78 Å². The zero-order valence-corrected chi connectivity index (χ0v) is 11.9. The van der Waals surface area contributed by atoms with Crippen LogP contribution in [0.1, 0.15) is 27.4 Å². The molecule has 2 heteroatoms. The van der Waals surface area contributed by atoms with Crippen LogP contribution in [0.5, 0.6) is 0 Å². The van der Waals surface area contributed by atoms with Crippen molar-refractivity contribution in [3.05, 3.63) is 107 Å². The summed E-state index contributed by atoms with van der Waals surface area (Å²) >= 11 is 0. The van der Waals surface area contributed by atoms with E-state index in [-0.39, 0.29) is 11.6 Å². The van der Waals surface area contributed by atoms with E-state index < -0.39 is 5.92 Å². The van der Waals surface area contributed by atoms with Crippen LogP contribution in [0.2, 0.25) is 0 Å². The molecule has 1 nitrogen and oxygen atoms in total. The molecule has 1 atom stereocenters. The minimum atomic E-state index is -0.501. The normalized spacial score (nSPS) is 11.9. The Hall–Kier alpha value is -2.74. The number of hydrogen-bond donors (Lipinski definition) is 0. The molecule has 0 fully saturated rings. The van der Waals surface area contributed by atoms with E-state index in [0.717, 1.165) is 5.56 Å². The first kappa shape index (κ1) is 14.2. The van der Waals surface area contributed by atoms with Crippen molar-refractivity contribution in [1.82, 2.24) is 0 Å². The second-order valence-corrected chi connectivity index (χ2v) is 5.13. The first-order chi connectivity index (χ1) is 10.8. The summed E-state index contributed by atoms with van der Waals surface area (Å²) in [6.07, 6.45) is 0. The van der Waals surface area contributed by atoms with E-state index in [4.69, 9.17) is 0 Å². The predicted molar refractivity (Wildman–Crippen MR) is 85.5 cm³/mol. The van der Waals surface area contributed by atoms with Crippen molar-refractivity contribution in [3.8, 4) is 0 Å². The van der Waals surface area contributed by atoms with Gasteiger partial charge in [0.1, 0.15) is 5.82 Å². The van der Waals surface area contributed by atoms with Crippen LogP contribution >= 0.6 is 0 Å². The third-order valence-corrected chi connectivity index (χ3v) is 3.64. The average molecular weight is 290 g/mol. The van der Waals surface area contributed by atoms with Crippen LogP contribution in [0.4, 0.5) is 4.39 Å². The van der Waals surface area contributed by atoms with Crippen LogP contribution in [-0.4, -0.2) is 5.78 Å². The van der Waals surface area contributed by atoms with Gasteiger partial charge in [0, 0.05) is 5.56 Å². The topological polar surface area (TPSA) is 17.1 Å². The number of halogens is 1. The second kappa shape index (κ2) is 6.35. The van der Waals surface area contributed by atoms with Gasteiger partial charge in [-0.25, -0.2) is 4.39 Å². The molecule has 1 unspecified atom stereocenters. The van der Waals surface area contributed by atoms with Crippen molar-refractivity contribution in [1.29, 1.82) is 0 Å². The molecule has 0 saturated heterocycles. The number of carbonyl (C=O) groups is 1. The number of hydrogen-bond acceptors (Lipinski definition) is 1. The molecule has 0 aromatic heterocycles. The van der Waals surface area contributed by atoms with E-state index in [0.29, 0.717) is 11.1 Å². The highest BCUT2D eigenvalue weighted by Gasteiger charge is 2.24. The molecular weight excluding hydrogens is 275 g/mol. The van der Waals surface area contributed by atoms with Gasteiger partial charge in [0.05, 0.1) is 5.92 Å². The first-order valence-electron chi connectivity index (χ1n) is 7.15. The number of ketones is 1. The highest BCUT2D eigenvalue weighted by molar-refractivity contribution is 6.03. The molecule has 0 spiro atoms. The van der Waals surface area contributed by atoms with Gasteiger partial charge in [0.15, 0.2) is 5.78 Å². The summed E-state index contributed by atoms with van der Waals surface area (Å²) in [4.78, 5) is 12.9. The summed E-state index contributed by atoms with van der Waals surface area (Å²) in [5.41, 5.74) is 2.16. The second-order valence-electron chi connectivity index (χ2n) is 5.13. The van der Waals surface area contributed by atoms with E-state index >= 15 is 0 Å². The fourth-order valence-electron chi connectivity index (χ4n) is 2.60. The lowest BCUT2D eigenvalue weighted by Gasteiger charge is -2.17. The molecule has 0 N–H and O–H groups in total. The van der Waals surface area contributed by atoms with E-state index in [1.54, 1.807) is 24.3 Å². The van der Waals surface area contributed by atoms with Crippen molar-refractivity contribution in [2.24, 2.45) is 0 Å². The van der Waals surface area contributed by atoms with Crippen LogP contribution in [-0.2, 0) is 0 Å². The van der Waals surface area contributed by atoms with E-state index in [2.05, 4.69) is 0 Å². The Bertz CT molecular complexity index is 766. The highest BCUT2D eigenvalue weighted by atomic mass is 19.1. The standard InChI is InChI=1S/C20H15FO/c21-18-13-7-12-17(14-18)19(15-8-3-1-4-9-15)20(22)16-10-5-2-6-11-16/h1-14,19H. The van der Waals surface area contributed by atoms with E-state index in [9.17, 15) is 9.18 Å². The molecular formula is C20H15FO. The van der Waals surface area contributed by atoms with Crippen molar-refractivity contribution < 1.29 is 9.18 Å². The summed E-state index contributed by atoms with van der Waals surface area (Å²) in [6, 6.07) is 24.8. The molecule has 0 aliphatic heterocycles. The van der Waals surface area contributed by atoms with Gasteiger partial charge in [-0.3, -0.25) is 4.79 Å². The minimum absolute atomic E-state index is 0.0302. The van der Waals surface area contributed by atoms with E-state index in [1.807, 2.05) is 48.5 Å². The zero-order valence-electron chi connectivity index (χ0n) is 11.9. The largest absolute Gasteiger partial charge is 0.293 e. The molecule has 22 heavy (non-hydrogen) atoms. The first-order valence-corrected chi connectivity index (χ1v) is 7.15. The Morgan fingerprint density at radius 2 is 1.32 bits per heavy atom. The van der Waals surface area contributed by atoms with Gasteiger partial charge in [-0.15, -0.1) is 0 Å². The number of Topliss-reactive ketones (excluding diaryl/α,β-unsaturated/α-hetero) is 1. The minimum Gasteiger partial charge on any atom is -0.293 e. The van der Waals surface area contributed by atoms with Crippen molar-refractivity contribution in [3.63, 3.8) is 0 Å². The monoisotopic (exact) mass is 290 g/mol. The average Bonchev–Trinajstić information content (AvgIpc) is 2.57. The summed E-state index contributed by atoms with van der Waals surface area (Å²) < 4.78 is 13.6. The predicted octanol–water partition coefficient (Wildman–Crippen LogP) is 4.84. The molecule has 0 aliphatic rings. The SMILES string of the molecule is O=C(c1ccccc1)C(c1ccccc1)c1cccc(F)c1. The molecule has 0 radical (unpaired) electrons. The molecule has 3 aromatic carbocycles. The van der Waals surface area contributed by atoms with Gasteiger partial charge in [-0.05, 0) is 23.3 Å². The summed E-state index contributed by atoms with van der Waals surface area (Å²) in [5, 5.41) is 0. The lowest BCUT2D eigenvalue weighted by Crippen LogP contribution is -2.14. The maximum Gasteiger partial charge on any atom is 0.174 e. The fourth-order valence-corrected chi connectivity index (χ4v) is 2.60. The zero-order chi connectivity index (χ0) is 15.4. The Labute approximate surface area is 129 Å². The quantitative estimate of drug-likeness (QED) is 0.628. The molecule has 3 rings (SSSR count). The van der Waals surface area contributed by atoms with Crippen LogP contribution in [0.25, 0.3) is 0 Å². The van der Waals surface area contributed by atoms with Crippen LogP contribution < -0.4 is 0 Å². The molecule has 0 heterocycles. The molecule has 3 aromatic rings. The lowest BCUT2D eigenvalue weighted by molar-refractivity contribution is 0.0974. The van der Waals surface area contributed by atoms with Crippen LogP contribution in [0.15, 0.2) is 84.9 Å². The van der Waals surface area contributed by atoms with Gasteiger partial charge >= 0.3 is 0 Å². The number of carbonyl (C=O) groups excluding carboxylic acids is 1. The maximum absolute atomic E-state index is 13.6. The molecule has 0 bridgehead atoms. The molecule has 0 saturated carbocycles. The third kappa shape index (κ3) is 2.96. The lowest BCUT2D eigenvalue weighted by atomic mass is 9.85. The highest BCUT2D eigenvalue weighted by Crippen LogP contribution is 2.28. The Balaban J connectivity index is 2.10. The Kier molecular flexibility index (Phi) is 4.10. The summed E-state index contributed by atoms with van der Waals surface area (Å²) in [5.74, 6) is -0.865. The molecule has 108 valence electrons. The maximum atomic E-state index is 13.6. The molecule has 0 amide bonds. The van der Waals surface area contributed by atoms with Gasteiger partial charge in [-0.1, -0.05) is 72.8 Å². The van der Waals surface area contributed by atoms with Gasteiger partial charge in [0.25, 0.3) is 0 Å². The Morgan fingerprint density at radius 1 is 0.727 bits per heavy atom. The van der Waals surface area contributed by atoms with Crippen LogP contribution in [0, 0.1) is 5.82 Å². The van der Waals surface area contributed by atoms with Gasteiger partial charge < -0.3 is 0 Å². The third-order valence-electron chi connectivity index (χ3n) is 3.64. The summed E-state index contributed by atoms with van der Waals surface area (Å²) in [6.45, 7) is 0. The van der Waals surface area contributed by atoms with Crippen molar-refractivity contribution in [2.45, 2.75) is 5.92 Å². The molecule has 0 aliphatic carbocycles. The van der Waals surface area contributed by atoms with E-state index in [1.165, 1.54) is 12.1 Å². The van der Waals surface area contributed by atoms with Gasteiger partial charge in [0.2, 0.25) is 0 Å². The van der Waals surface area contributed by atoms with Crippen LogP contribution in [0.3, 0.4) is 0 Å². The van der Waals surface area contributed by atoms with Crippen molar-refractivity contribution in [2.75, 3.05) is 0 Å². The fraction of sp³-hybridized carbons (Fsp3) is 0.0500.